The van der Waals surface area contributed by atoms with Gasteiger partial charge in [-0.3, -0.25) is 4.99 Å². The van der Waals surface area contributed by atoms with Crippen molar-refractivity contribution in [3.8, 4) is 5.75 Å². The van der Waals surface area contributed by atoms with E-state index in [1.807, 2.05) is 6.07 Å². The van der Waals surface area contributed by atoms with E-state index in [4.69, 9.17) is 14.3 Å². The molecule has 0 unspecified atom stereocenters. The minimum atomic E-state index is -0.756. The van der Waals surface area contributed by atoms with E-state index in [9.17, 15) is 9.90 Å². The molecule has 30 heavy (non-hydrogen) atoms. The Bertz CT molecular complexity index is 1280. The van der Waals surface area contributed by atoms with Crippen LogP contribution in [0.4, 0.5) is 0 Å². The number of nitrogens with zero attached hydrogens (tertiary/aromatic N) is 2. The molecule has 0 aliphatic carbocycles. The summed E-state index contributed by atoms with van der Waals surface area (Å²) >= 11 is 0. The lowest BCUT2D eigenvalue weighted by molar-refractivity contribution is 0.0476. The fourth-order valence-electron chi connectivity index (χ4n) is 3.01. The molecule has 3 aromatic rings. The first-order chi connectivity index (χ1) is 14.7. The van der Waals surface area contributed by atoms with E-state index in [0.717, 1.165) is 10.9 Å². The number of aromatic nitrogens is 2. The van der Waals surface area contributed by atoms with Gasteiger partial charge in [0.2, 0.25) is 0 Å². The van der Waals surface area contributed by atoms with E-state index < -0.39 is 5.97 Å². The molecule has 0 fully saturated rings. The topological polar surface area (TPSA) is 121 Å². The molecule has 8 nitrogen and oxygen atoms in total. The van der Waals surface area contributed by atoms with Crippen LogP contribution in [0.1, 0.15) is 22.3 Å². The van der Waals surface area contributed by atoms with Gasteiger partial charge in [-0.25, -0.2) is 9.78 Å². The van der Waals surface area contributed by atoms with Crippen LogP contribution < -0.4 is 10.8 Å². The molecule has 4 rings (SSSR count). The first-order valence-electron chi connectivity index (χ1n) is 9.34. The Kier molecular flexibility index (Phi) is 5.58. The number of hydrogen-bond acceptors (Lipinski definition) is 7. The van der Waals surface area contributed by atoms with Gasteiger partial charge < -0.3 is 24.4 Å². The molecule has 4 heterocycles. The molecule has 0 saturated carbocycles. The number of aromatic hydroxyl groups is 1. The molecule has 1 aliphatic rings. The number of furan rings is 1. The third-order valence-corrected chi connectivity index (χ3v) is 4.43. The van der Waals surface area contributed by atoms with Crippen LogP contribution in [-0.2, 0) is 4.74 Å². The summed E-state index contributed by atoms with van der Waals surface area (Å²) in [5.41, 5.74) is 1.87. The minimum absolute atomic E-state index is 0.0164. The van der Waals surface area contributed by atoms with Crippen molar-refractivity contribution in [2.45, 2.75) is 6.42 Å². The molecule has 152 valence electrons. The van der Waals surface area contributed by atoms with Crippen LogP contribution in [0.3, 0.4) is 0 Å². The Hall–Kier alpha value is -3.91. The molecule has 0 radical (unpaired) electrons. The smallest absolute Gasteiger partial charge is 0.346 e. The normalized spacial score (nSPS) is 15.7. The maximum Gasteiger partial charge on any atom is 0.346 e. The third kappa shape index (κ3) is 3.81. The molecule has 0 bridgehead atoms. The maximum atomic E-state index is 12.7. The second-order valence-corrected chi connectivity index (χ2v) is 6.43. The Balaban J connectivity index is 1.90. The number of rotatable bonds is 5. The predicted molar refractivity (Wildman–Crippen MR) is 111 cm³/mol. The molecule has 0 spiro atoms. The van der Waals surface area contributed by atoms with Gasteiger partial charge in [0.15, 0.2) is 22.1 Å². The number of aliphatic hydroxyl groups excluding tert-OH is 1. The van der Waals surface area contributed by atoms with Crippen molar-refractivity contribution in [1.82, 2.24) is 9.97 Å². The molecule has 3 aromatic heterocycles. The van der Waals surface area contributed by atoms with Crippen LogP contribution in [0.25, 0.3) is 22.8 Å². The minimum Gasteiger partial charge on any atom is -0.504 e. The van der Waals surface area contributed by atoms with Gasteiger partial charge in [-0.05, 0) is 30.4 Å². The largest absolute Gasteiger partial charge is 0.504 e. The Morgan fingerprint density at radius 2 is 2.20 bits per heavy atom. The molecule has 8 heteroatoms. The summed E-state index contributed by atoms with van der Waals surface area (Å²) in [6.07, 6.45) is 13.8. The van der Waals surface area contributed by atoms with Crippen LogP contribution in [0.15, 0.2) is 58.2 Å². The van der Waals surface area contributed by atoms with E-state index in [2.05, 4.69) is 15.0 Å². The number of ether oxygens (including phenoxy) is 1. The number of esters is 1. The van der Waals surface area contributed by atoms with Crippen LogP contribution in [0.2, 0.25) is 0 Å². The number of aliphatic imine (C=N–C) groups is 1. The van der Waals surface area contributed by atoms with Crippen molar-refractivity contribution < 1.29 is 24.2 Å². The maximum absolute atomic E-state index is 12.7. The van der Waals surface area contributed by atoms with Gasteiger partial charge in [0.25, 0.3) is 0 Å². The van der Waals surface area contributed by atoms with Gasteiger partial charge in [0, 0.05) is 42.6 Å². The third-order valence-electron chi connectivity index (χ3n) is 4.43. The quantitative estimate of drug-likeness (QED) is 0.437. The standard InChI is InChI=1S/C22H19N3O5/c26-10-5-11-29-22(28)18-19(27)17(30-20(18)16-7-2-1-3-8-23-16)12-14-13-25-21-15(14)6-4-9-24-21/h1-4,6-9,12-13,26-27H,5,10-11H2,(H,24,25). The summed E-state index contributed by atoms with van der Waals surface area (Å²) in [5, 5.41) is 20.6. The average molecular weight is 405 g/mol. The number of nitrogens with one attached hydrogen (secondary N) is 1. The summed E-state index contributed by atoms with van der Waals surface area (Å²) in [7, 11) is 0. The Morgan fingerprint density at radius 3 is 3.07 bits per heavy atom. The number of fused-ring (bicyclic) bond motifs is 1. The lowest BCUT2D eigenvalue weighted by Crippen LogP contribution is -2.17. The second kappa shape index (κ2) is 8.62. The van der Waals surface area contributed by atoms with Crippen molar-refractivity contribution in [3.63, 3.8) is 0 Å². The summed E-state index contributed by atoms with van der Waals surface area (Å²) in [6.45, 7) is -0.0935. The lowest BCUT2D eigenvalue weighted by Gasteiger charge is -2.02. The highest BCUT2D eigenvalue weighted by atomic mass is 16.5. The number of H-pyrrole nitrogens is 1. The van der Waals surface area contributed by atoms with Crippen LogP contribution in [0.5, 0.6) is 5.75 Å². The first kappa shape index (κ1) is 19.4. The number of aromatic amines is 1. The van der Waals surface area contributed by atoms with E-state index >= 15 is 0 Å². The fourth-order valence-corrected chi connectivity index (χ4v) is 3.01. The van der Waals surface area contributed by atoms with Gasteiger partial charge in [0.05, 0.1) is 6.61 Å². The molecule has 1 aliphatic heterocycles. The number of aliphatic hydroxyl groups is 1. The zero-order chi connectivity index (χ0) is 20.9. The lowest BCUT2D eigenvalue weighted by atomic mass is 10.2. The molecular formula is C22H19N3O5. The zero-order valence-corrected chi connectivity index (χ0v) is 15.9. The zero-order valence-electron chi connectivity index (χ0n) is 15.9. The highest BCUT2D eigenvalue weighted by Crippen LogP contribution is 2.18. The van der Waals surface area contributed by atoms with Gasteiger partial charge in [-0.1, -0.05) is 12.2 Å². The van der Waals surface area contributed by atoms with Gasteiger partial charge in [0.1, 0.15) is 11.3 Å². The molecule has 3 N–H and O–H groups in total. The van der Waals surface area contributed by atoms with Crippen molar-refractivity contribution in [1.29, 1.82) is 0 Å². The highest BCUT2D eigenvalue weighted by molar-refractivity contribution is 5.94. The van der Waals surface area contributed by atoms with Gasteiger partial charge >= 0.3 is 5.97 Å². The van der Waals surface area contributed by atoms with Crippen molar-refractivity contribution in [3.05, 3.63) is 70.8 Å². The first-order valence-corrected chi connectivity index (χ1v) is 9.34. The van der Waals surface area contributed by atoms with Crippen LogP contribution in [-0.4, -0.2) is 45.6 Å². The molecule has 0 saturated heterocycles. The molecular weight excluding hydrogens is 386 g/mol. The van der Waals surface area contributed by atoms with E-state index in [0.29, 0.717) is 17.8 Å². The van der Waals surface area contributed by atoms with Crippen molar-refractivity contribution in [2.75, 3.05) is 13.2 Å². The van der Waals surface area contributed by atoms with Crippen molar-refractivity contribution in [2.24, 2.45) is 4.99 Å². The summed E-state index contributed by atoms with van der Waals surface area (Å²) in [6, 6.07) is 3.69. The molecule has 0 aromatic carbocycles. The SMILES string of the molecule is O=C(OCCCO)c1c(O)c(=Cc2c[nH]c3ncccc23)oc1=C1C=CC=CC=N1. The van der Waals surface area contributed by atoms with E-state index in [-0.39, 0.29) is 35.4 Å². The van der Waals surface area contributed by atoms with E-state index in [1.165, 1.54) is 0 Å². The average Bonchev–Trinajstić information content (AvgIpc) is 3.17. The highest BCUT2D eigenvalue weighted by Gasteiger charge is 2.22. The predicted octanol–water partition coefficient (Wildman–Crippen LogP) is 1.53. The molecule has 0 atom stereocenters. The number of allylic oxidation sites excluding steroid dienone is 3. The van der Waals surface area contributed by atoms with Crippen LogP contribution in [0, 0.1) is 0 Å². The van der Waals surface area contributed by atoms with E-state index in [1.54, 1.807) is 55.1 Å². The summed E-state index contributed by atoms with van der Waals surface area (Å²) < 4.78 is 11.0. The second-order valence-electron chi connectivity index (χ2n) is 6.43. The summed E-state index contributed by atoms with van der Waals surface area (Å²) in [4.78, 5) is 24.2. The monoisotopic (exact) mass is 405 g/mol. The molecule has 0 amide bonds. The summed E-state index contributed by atoms with van der Waals surface area (Å²) in [5.74, 6) is -1.10. The number of hydrogen-bond donors (Lipinski definition) is 3. The van der Waals surface area contributed by atoms with Gasteiger partial charge in [-0.15, -0.1) is 0 Å². The Labute approximate surface area is 170 Å². The number of carbonyl (C=O) groups is 1. The van der Waals surface area contributed by atoms with Crippen LogP contribution >= 0.6 is 0 Å². The Morgan fingerprint density at radius 1 is 1.30 bits per heavy atom. The number of carbonyl (C=O) groups excluding carboxylic acids is 1. The van der Waals surface area contributed by atoms with Crippen molar-refractivity contribution >= 4 is 35.0 Å². The fraction of sp³-hybridized carbons (Fsp3) is 0.136. The number of pyridine rings is 1. The van der Waals surface area contributed by atoms with Gasteiger partial charge in [-0.2, -0.15) is 0 Å².